The van der Waals surface area contributed by atoms with Crippen LogP contribution in [0.2, 0.25) is 0 Å². The van der Waals surface area contributed by atoms with Crippen molar-refractivity contribution in [2.24, 2.45) is 11.8 Å². The molecular weight excluding hydrogens is 446 g/mol. The number of rotatable bonds is 10. The molecule has 176 valence electrons. The van der Waals surface area contributed by atoms with Gasteiger partial charge in [0.05, 0.1) is 24.1 Å². The highest BCUT2D eigenvalue weighted by molar-refractivity contribution is 7.99. The molecule has 0 bridgehead atoms. The van der Waals surface area contributed by atoms with E-state index in [-0.39, 0.29) is 6.61 Å². The number of nitrogens with zero attached hydrogens (tertiary/aromatic N) is 3. The minimum Gasteiger partial charge on any atom is -0.480 e. The topological polar surface area (TPSA) is 88.1 Å². The standard InChI is InChI=1S/C27H29N3O3S/c28-15-16-34-27-25(22-7-3-1-4-8-22)26(23-9-5-2-6-10-23)30(29-27)17-20-11-13-21(14-12-20)18-33-19-24(31)32/h1-10,20-21H,11-14,16-19H2,(H,31,32)/t20-,21+. The fraction of sp³-hybridized carbons (Fsp3) is 0.370. The van der Waals surface area contributed by atoms with Crippen LogP contribution in [0.3, 0.4) is 0 Å². The molecule has 3 aromatic rings. The monoisotopic (exact) mass is 475 g/mol. The lowest BCUT2D eigenvalue weighted by atomic mass is 9.82. The molecule has 0 saturated heterocycles. The zero-order valence-electron chi connectivity index (χ0n) is 19.1. The molecule has 0 radical (unpaired) electrons. The molecular formula is C27H29N3O3S. The van der Waals surface area contributed by atoms with Crippen LogP contribution in [-0.4, -0.2) is 39.8 Å². The molecule has 34 heavy (non-hydrogen) atoms. The quantitative estimate of drug-likeness (QED) is 0.376. The summed E-state index contributed by atoms with van der Waals surface area (Å²) in [4.78, 5) is 10.7. The van der Waals surface area contributed by atoms with E-state index in [1.165, 1.54) is 11.8 Å². The van der Waals surface area contributed by atoms with Crippen LogP contribution < -0.4 is 0 Å². The molecule has 1 saturated carbocycles. The van der Waals surface area contributed by atoms with Crippen molar-refractivity contribution in [1.82, 2.24) is 9.78 Å². The highest BCUT2D eigenvalue weighted by Gasteiger charge is 2.26. The second-order valence-corrected chi connectivity index (χ2v) is 9.65. The summed E-state index contributed by atoms with van der Waals surface area (Å²) in [5.74, 6) is 0.353. The van der Waals surface area contributed by atoms with Gasteiger partial charge in [0, 0.05) is 17.7 Å². The molecule has 4 rings (SSSR count). The normalized spacial score (nSPS) is 17.9. The summed E-state index contributed by atoms with van der Waals surface area (Å²) in [5, 5.41) is 23.9. The molecule has 6 nitrogen and oxygen atoms in total. The van der Waals surface area contributed by atoms with Crippen molar-refractivity contribution < 1.29 is 14.6 Å². The summed E-state index contributed by atoms with van der Waals surface area (Å²) in [7, 11) is 0. The van der Waals surface area contributed by atoms with Gasteiger partial charge in [0.25, 0.3) is 0 Å². The van der Waals surface area contributed by atoms with Gasteiger partial charge in [0.15, 0.2) is 0 Å². The van der Waals surface area contributed by atoms with Crippen LogP contribution in [0.15, 0.2) is 65.7 Å². The molecule has 1 aliphatic rings. The molecule has 0 amide bonds. The van der Waals surface area contributed by atoms with E-state index < -0.39 is 5.97 Å². The molecule has 1 fully saturated rings. The number of benzene rings is 2. The third-order valence-electron chi connectivity index (χ3n) is 6.28. The molecule has 7 heteroatoms. The second kappa shape index (κ2) is 11.9. The predicted molar refractivity (Wildman–Crippen MR) is 133 cm³/mol. The number of hydrogen-bond donors (Lipinski definition) is 1. The number of carboxylic acids is 1. The molecule has 1 heterocycles. The van der Waals surface area contributed by atoms with Gasteiger partial charge in [0.2, 0.25) is 0 Å². The van der Waals surface area contributed by atoms with Gasteiger partial charge in [-0.05, 0) is 43.1 Å². The molecule has 0 spiro atoms. The number of thioether (sulfide) groups is 1. The number of carboxylic acid groups (broad SMARTS) is 1. The van der Waals surface area contributed by atoms with E-state index in [1.54, 1.807) is 0 Å². The summed E-state index contributed by atoms with van der Waals surface area (Å²) in [6.07, 6.45) is 4.20. The number of ether oxygens (including phenoxy) is 1. The van der Waals surface area contributed by atoms with Gasteiger partial charge in [-0.3, -0.25) is 4.68 Å². The Morgan fingerprint density at radius 1 is 1.03 bits per heavy atom. The molecule has 2 aromatic carbocycles. The van der Waals surface area contributed by atoms with Gasteiger partial charge in [-0.1, -0.05) is 72.4 Å². The van der Waals surface area contributed by atoms with Crippen molar-refractivity contribution in [3.8, 4) is 28.5 Å². The molecule has 1 N–H and O–H groups in total. The Kier molecular flexibility index (Phi) is 8.40. The number of aromatic nitrogens is 2. The van der Waals surface area contributed by atoms with Crippen LogP contribution in [0.5, 0.6) is 0 Å². The highest BCUT2D eigenvalue weighted by Crippen LogP contribution is 2.40. The number of nitriles is 1. The first kappa shape index (κ1) is 24.1. The SMILES string of the molecule is N#CCSc1nn(C[C@H]2CC[C@@H](COCC(=O)O)CC2)c(-c2ccccc2)c1-c1ccccc1. The largest absolute Gasteiger partial charge is 0.480 e. The van der Waals surface area contributed by atoms with Crippen LogP contribution in [0.4, 0.5) is 0 Å². The lowest BCUT2D eigenvalue weighted by molar-refractivity contribution is -0.142. The summed E-state index contributed by atoms with van der Waals surface area (Å²) >= 11 is 1.49. The van der Waals surface area contributed by atoms with Gasteiger partial charge in [-0.2, -0.15) is 10.4 Å². The lowest BCUT2D eigenvalue weighted by Gasteiger charge is -2.28. The zero-order valence-corrected chi connectivity index (χ0v) is 19.9. The van der Waals surface area contributed by atoms with Gasteiger partial charge in [-0.15, -0.1) is 0 Å². The van der Waals surface area contributed by atoms with E-state index >= 15 is 0 Å². The number of hydrogen-bond acceptors (Lipinski definition) is 5. The average molecular weight is 476 g/mol. The molecule has 0 aliphatic heterocycles. The molecule has 1 aromatic heterocycles. The average Bonchev–Trinajstić information content (AvgIpc) is 3.22. The van der Waals surface area contributed by atoms with Crippen molar-refractivity contribution in [2.75, 3.05) is 19.0 Å². The molecule has 0 atom stereocenters. The van der Waals surface area contributed by atoms with Crippen LogP contribution in [0.25, 0.3) is 22.4 Å². The summed E-state index contributed by atoms with van der Waals surface area (Å²) in [6, 6.07) is 22.9. The van der Waals surface area contributed by atoms with Crippen LogP contribution in [0.1, 0.15) is 25.7 Å². The van der Waals surface area contributed by atoms with E-state index in [9.17, 15) is 10.1 Å². The Hall–Kier alpha value is -3.08. The summed E-state index contributed by atoms with van der Waals surface area (Å²) < 4.78 is 7.47. The highest BCUT2D eigenvalue weighted by atomic mass is 32.2. The predicted octanol–water partition coefficient (Wildman–Crippen LogP) is 5.74. The summed E-state index contributed by atoms with van der Waals surface area (Å²) in [6.45, 7) is 1.11. The van der Waals surface area contributed by atoms with Crippen molar-refractivity contribution in [1.29, 1.82) is 5.26 Å². The Morgan fingerprint density at radius 3 is 2.26 bits per heavy atom. The Morgan fingerprint density at radius 2 is 1.65 bits per heavy atom. The minimum absolute atomic E-state index is 0.223. The third-order valence-corrected chi connectivity index (χ3v) is 7.11. The fourth-order valence-corrected chi connectivity index (χ4v) is 5.38. The van der Waals surface area contributed by atoms with Crippen molar-refractivity contribution in [3.63, 3.8) is 0 Å². The maximum Gasteiger partial charge on any atom is 0.329 e. The summed E-state index contributed by atoms with van der Waals surface area (Å²) in [5.41, 5.74) is 4.41. The van der Waals surface area contributed by atoms with Gasteiger partial charge in [0.1, 0.15) is 11.6 Å². The van der Waals surface area contributed by atoms with Crippen molar-refractivity contribution >= 4 is 17.7 Å². The maximum atomic E-state index is 10.7. The number of aliphatic carboxylic acids is 1. The van der Waals surface area contributed by atoms with Crippen molar-refractivity contribution in [3.05, 3.63) is 60.7 Å². The maximum absolute atomic E-state index is 10.7. The second-order valence-electron chi connectivity index (χ2n) is 8.69. The van der Waals surface area contributed by atoms with E-state index in [0.29, 0.717) is 24.2 Å². The lowest BCUT2D eigenvalue weighted by Crippen LogP contribution is -2.23. The van der Waals surface area contributed by atoms with E-state index in [2.05, 4.69) is 35.0 Å². The smallest absolute Gasteiger partial charge is 0.329 e. The molecule has 1 aliphatic carbocycles. The Labute approximate surface area is 204 Å². The minimum atomic E-state index is -0.917. The first-order chi connectivity index (χ1) is 16.7. The van der Waals surface area contributed by atoms with Crippen LogP contribution >= 0.6 is 11.8 Å². The van der Waals surface area contributed by atoms with E-state index in [4.69, 9.17) is 14.9 Å². The Bertz CT molecular complexity index is 1120. The number of carbonyl (C=O) groups is 1. The molecule has 0 unspecified atom stereocenters. The first-order valence-corrected chi connectivity index (χ1v) is 12.6. The zero-order chi connectivity index (χ0) is 23.8. The van der Waals surface area contributed by atoms with Crippen molar-refractivity contribution in [2.45, 2.75) is 37.3 Å². The van der Waals surface area contributed by atoms with Crippen LogP contribution in [0, 0.1) is 23.2 Å². The van der Waals surface area contributed by atoms with Crippen LogP contribution in [-0.2, 0) is 16.1 Å². The fourth-order valence-electron chi connectivity index (χ4n) is 4.67. The van der Waals surface area contributed by atoms with Gasteiger partial charge in [-0.25, -0.2) is 4.79 Å². The van der Waals surface area contributed by atoms with E-state index in [0.717, 1.165) is 59.6 Å². The first-order valence-electron chi connectivity index (χ1n) is 11.7. The van der Waals surface area contributed by atoms with Gasteiger partial charge >= 0.3 is 5.97 Å². The van der Waals surface area contributed by atoms with E-state index in [1.807, 2.05) is 36.4 Å². The Balaban J connectivity index is 1.59. The van der Waals surface area contributed by atoms with Gasteiger partial charge < -0.3 is 9.84 Å². The third kappa shape index (κ3) is 6.07.